The van der Waals surface area contributed by atoms with Crippen LogP contribution in [-0.4, -0.2) is 0 Å². The topological polar surface area (TPSA) is 3.24 Å². The summed E-state index contributed by atoms with van der Waals surface area (Å²) < 4.78 is 0. The minimum absolute atomic E-state index is 0.272. The third kappa shape index (κ3) is 4.24. The molecular weight excluding hydrogens is 567 g/mol. The molecule has 0 heterocycles. The van der Waals surface area contributed by atoms with Crippen molar-refractivity contribution in [1.29, 1.82) is 0 Å². The van der Waals surface area contributed by atoms with Gasteiger partial charge in [0, 0.05) is 22.1 Å². The SMILES string of the molecule is CC1(c2ccccc2)c2ccccc2-c2c(N(c3ccc(-c4cccc5ccccc45)cc3)c3cccc4ccccc34)cccc21. The second-order valence-corrected chi connectivity index (χ2v) is 12.6. The van der Waals surface area contributed by atoms with Crippen LogP contribution in [0.1, 0.15) is 23.6 Å². The Morgan fingerprint density at radius 2 is 0.957 bits per heavy atom. The van der Waals surface area contributed by atoms with E-state index in [1.54, 1.807) is 0 Å². The van der Waals surface area contributed by atoms with Crippen LogP contribution >= 0.6 is 0 Å². The zero-order valence-corrected chi connectivity index (χ0v) is 26.3. The van der Waals surface area contributed by atoms with E-state index in [4.69, 9.17) is 0 Å². The Balaban J connectivity index is 1.29. The van der Waals surface area contributed by atoms with Crippen LogP contribution in [0, 0.1) is 0 Å². The minimum atomic E-state index is -0.272. The lowest BCUT2D eigenvalue weighted by molar-refractivity contribution is 0.714. The summed E-state index contributed by atoms with van der Waals surface area (Å²) in [5.41, 5.74) is 12.2. The molecule has 1 atom stereocenters. The zero-order chi connectivity index (χ0) is 31.4. The lowest BCUT2D eigenvalue weighted by atomic mass is 9.74. The maximum Gasteiger partial charge on any atom is 0.0543 e. The lowest BCUT2D eigenvalue weighted by Gasteiger charge is -2.31. The number of rotatable bonds is 5. The summed E-state index contributed by atoms with van der Waals surface area (Å²) in [6.07, 6.45) is 0. The van der Waals surface area contributed by atoms with Gasteiger partial charge in [0.1, 0.15) is 0 Å². The molecule has 222 valence electrons. The van der Waals surface area contributed by atoms with Gasteiger partial charge in [0.15, 0.2) is 0 Å². The number of anilines is 3. The van der Waals surface area contributed by atoms with Gasteiger partial charge in [0.05, 0.1) is 11.4 Å². The molecule has 1 heteroatoms. The molecule has 1 aliphatic carbocycles. The van der Waals surface area contributed by atoms with Gasteiger partial charge in [0.25, 0.3) is 0 Å². The largest absolute Gasteiger partial charge is 0.309 e. The molecule has 1 aliphatic rings. The van der Waals surface area contributed by atoms with E-state index in [0.29, 0.717) is 0 Å². The number of hydrogen-bond donors (Lipinski definition) is 0. The first-order valence-electron chi connectivity index (χ1n) is 16.4. The van der Waals surface area contributed by atoms with Crippen molar-refractivity contribution >= 4 is 38.6 Å². The van der Waals surface area contributed by atoms with Crippen molar-refractivity contribution in [3.63, 3.8) is 0 Å². The Hall–Kier alpha value is -5.92. The first-order valence-corrected chi connectivity index (χ1v) is 16.4. The van der Waals surface area contributed by atoms with Gasteiger partial charge in [-0.05, 0) is 80.7 Å². The van der Waals surface area contributed by atoms with Crippen LogP contribution in [0.15, 0.2) is 182 Å². The van der Waals surface area contributed by atoms with Crippen molar-refractivity contribution < 1.29 is 0 Å². The highest BCUT2D eigenvalue weighted by Crippen LogP contribution is 2.57. The van der Waals surface area contributed by atoms with Crippen molar-refractivity contribution in [2.45, 2.75) is 12.3 Å². The highest BCUT2D eigenvalue weighted by molar-refractivity contribution is 6.03. The van der Waals surface area contributed by atoms with Gasteiger partial charge in [-0.1, -0.05) is 158 Å². The molecule has 47 heavy (non-hydrogen) atoms. The van der Waals surface area contributed by atoms with Crippen molar-refractivity contribution in [2.24, 2.45) is 0 Å². The van der Waals surface area contributed by atoms with Crippen LogP contribution in [0.3, 0.4) is 0 Å². The standard InChI is InChI=1S/C46H33N/c1-46(35-18-3-2-4-19-35)41-24-10-9-22-40(41)45-42(46)25-13-27-44(45)47(43-26-12-17-33-15-6-8-21-39(33)43)36-30-28-34(29-31-36)38-23-11-16-32-14-5-7-20-37(32)38/h2-31H,1H3. The smallest absolute Gasteiger partial charge is 0.0543 e. The molecule has 1 nitrogen and oxygen atoms in total. The summed E-state index contributed by atoms with van der Waals surface area (Å²) in [5.74, 6) is 0. The molecule has 0 aliphatic heterocycles. The second kappa shape index (κ2) is 10.9. The quantitative estimate of drug-likeness (QED) is 0.190. The van der Waals surface area contributed by atoms with Crippen molar-refractivity contribution in [3.05, 3.63) is 199 Å². The third-order valence-corrected chi connectivity index (χ3v) is 10.1. The molecule has 0 N–H and O–H groups in total. The van der Waals surface area contributed by atoms with Crippen molar-refractivity contribution in [1.82, 2.24) is 0 Å². The fourth-order valence-corrected chi connectivity index (χ4v) is 7.87. The van der Waals surface area contributed by atoms with Gasteiger partial charge >= 0.3 is 0 Å². The first kappa shape index (κ1) is 27.4. The third-order valence-electron chi connectivity index (χ3n) is 10.1. The van der Waals surface area contributed by atoms with Gasteiger partial charge < -0.3 is 4.90 Å². The van der Waals surface area contributed by atoms with E-state index in [9.17, 15) is 0 Å². The Morgan fingerprint density at radius 1 is 0.404 bits per heavy atom. The Morgan fingerprint density at radius 3 is 1.77 bits per heavy atom. The van der Waals surface area contributed by atoms with E-state index in [1.807, 2.05) is 0 Å². The van der Waals surface area contributed by atoms with E-state index in [2.05, 4.69) is 194 Å². The maximum absolute atomic E-state index is 2.47. The summed E-state index contributed by atoms with van der Waals surface area (Å²) in [6, 6.07) is 66.5. The molecular formula is C46H33N. The summed E-state index contributed by atoms with van der Waals surface area (Å²) in [4.78, 5) is 2.47. The van der Waals surface area contributed by atoms with Crippen LogP contribution < -0.4 is 4.90 Å². The molecule has 0 bridgehead atoms. The fraction of sp³-hybridized carbons (Fsp3) is 0.0435. The normalized spacial score (nSPS) is 15.0. The van der Waals surface area contributed by atoms with Gasteiger partial charge in [-0.25, -0.2) is 0 Å². The summed E-state index contributed by atoms with van der Waals surface area (Å²) in [5, 5.41) is 4.98. The summed E-state index contributed by atoms with van der Waals surface area (Å²) >= 11 is 0. The molecule has 9 rings (SSSR count). The van der Waals surface area contributed by atoms with Crippen LogP contribution in [0.4, 0.5) is 17.1 Å². The van der Waals surface area contributed by atoms with Crippen LogP contribution in [-0.2, 0) is 5.41 Å². The van der Waals surface area contributed by atoms with Crippen molar-refractivity contribution in [2.75, 3.05) is 4.90 Å². The predicted octanol–water partition coefficient (Wildman–Crippen LogP) is 12.5. The zero-order valence-electron chi connectivity index (χ0n) is 26.3. The van der Waals surface area contributed by atoms with Gasteiger partial charge in [-0.15, -0.1) is 0 Å². The average Bonchev–Trinajstić information content (AvgIpc) is 3.42. The summed E-state index contributed by atoms with van der Waals surface area (Å²) in [6.45, 7) is 2.39. The molecule has 1 unspecified atom stereocenters. The van der Waals surface area contributed by atoms with E-state index >= 15 is 0 Å². The van der Waals surface area contributed by atoms with Gasteiger partial charge in [-0.3, -0.25) is 0 Å². The summed E-state index contributed by atoms with van der Waals surface area (Å²) in [7, 11) is 0. The van der Waals surface area contributed by atoms with Crippen LogP contribution in [0.5, 0.6) is 0 Å². The molecule has 0 aromatic heterocycles. The molecule has 0 fully saturated rings. The number of nitrogens with zero attached hydrogens (tertiary/aromatic N) is 1. The fourth-order valence-electron chi connectivity index (χ4n) is 7.87. The Bertz CT molecular complexity index is 2410. The predicted molar refractivity (Wildman–Crippen MR) is 199 cm³/mol. The molecule has 8 aromatic rings. The van der Waals surface area contributed by atoms with Gasteiger partial charge in [0.2, 0.25) is 0 Å². The molecule has 8 aromatic carbocycles. The Kier molecular flexibility index (Phi) is 6.33. The van der Waals surface area contributed by atoms with Crippen molar-refractivity contribution in [3.8, 4) is 22.3 Å². The second-order valence-electron chi connectivity index (χ2n) is 12.6. The highest BCUT2D eigenvalue weighted by atomic mass is 15.1. The molecule has 0 saturated carbocycles. The monoisotopic (exact) mass is 599 g/mol. The number of fused-ring (bicyclic) bond motifs is 5. The molecule has 0 spiro atoms. The lowest BCUT2D eigenvalue weighted by Crippen LogP contribution is -2.22. The molecule has 0 radical (unpaired) electrons. The minimum Gasteiger partial charge on any atom is -0.309 e. The Labute approximate surface area is 276 Å². The molecule has 0 saturated heterocycles. The van der Waals surface area contributed by atoms with E-state index in [0.717, 1.165) is 5.69 Å². The van der Waals surface area contributed by atoms with E-state index in [-0.39, 0.29) is 5.41 Å². The van der Waals surface area contributed by atoms with Crippen LogP contribution in [0.2, 0.25) is 0 Å². The van der Waals surface area contributed by atoms with E-state index in [1.165, 1.54) is 71.9 Å². The highest BCUT2D eigenvalue weighted by Gasteiger charge is 2.42. The number of benzene rings is 8. The maximum atomic E-state index is 2.47. The molecule has 0 amide bonds. The van der Waals surface area contributed by atoms with Crippen LogP contribution in [0.25, 0.3) is 43.8 Å². The van der Waals surface area contributed by atoms with E-state index < -0.39 is 0 Å². The average molecular weight is 600 g/mol. The first-order chi connectivity index (χ1) is 23.2. The van der Waals surface area contributed by atoms with Gasteiger partial charge in [-0.2, -0.15) is 0 Å². The number of hydrogen-bond acceptors (Lipinski definition) is 1.